The van der Waals surface area contributed by atoms with Gasteiger partial charge in [-0.2, -0.15) is 5.26 Å². The van der Waals surface area contributed by atoms with Gasteiger partial charge >= 0.3 is 0 Å². The number of nitriles is 1. The molecule has 1 aliphatic rings. The van der Waals surface area contributed by atoms with E-state index in [-0.39, 0.29) is 6.61 Å². The Balaban J connectivity index is 2.27. The van der Waals surface area contributed by atoms with Crippen molar-refractivity contribution in [1.82, 2.24) is 0 Å². The molecule has 1 aliphatic carbocycles. The first kappa shape index (κ1) is 11.0. The lowest BCUT2D eigenvalue weighted by Gasteiger charge is -2.39. The number of hydrogen-bond acceptors (Lipinski definition) is 3. The van der Waals surface area contributed by atoms with Crippen molar-refractivity contribution in [3.8, 4) is 6.07 Å². The third kappa shape index (κ3) is 2.02. The number of aliphatic hydroxyl groups is 1. The standard InChI is InChI=1S/C13H16N2O/c14-10-11-4-1-2-7-13(11)15(8-9-16)12-5-3-6-12/h1-2,4,7,12,16H,3,5-6,8-9H2. The first-order chi connectivity index (χ1) is 7.86. The molecular weight excluding hydrogens is 200 g/mol. The van der Waals surface area contributed by atoms with Crippen molar-refractivity contribution in [1.29, 1.82) is 5.26 Å². The summed E-state index contributed by atoms with van der Waals surface area (Å²) in [6.07, 6.45) is 3.58. The molecule has 0 bridgehead atoms. The van der Waals surface area contributed by atoms with Crippen LogP contribution in [0.1, 0.15) is 24.8 Å². The Morgan fingerprint density at radius 2 is 2.12 bits per heavy atom. The van der Waals surface area contributed by atoms with Crippen LogP contribution in [0.25, 0.3) is 0 Å². The van der Waals surface area contributed by atoms with Crippen LogP contribution in [0.2, 0.25) is 0 Å². The molecule has 0 aromatic heterocycles. The van der Waals surface area contributed by atoms with E-state index in [4.69, 9.17) is 10.4 Å². The van der Waals surface area contributed by atoms with Crippen molar-refractivity contribution in [3.05, 3.63) is 29.8 Å². The largest absolute Gasteiger partial charge is 0.395 e. The van der Waals surface area contributed by atoms with Crippen molar-refractivity contribution < 1.29 is 5.11 Å². The molecule has 0 atom stereocenters. The van der Waals surface area contributed by atoms with Gasteiger partial charge in [0, 0.05) is 12.6 Å². The van der Waals surface area contributed by atoms with Gasteiger partial charge in [-0.15, -0.1) is 0 Å². The van der Waals surface area contributed by atoms with E-state index < -0.39 is 0 Å². The quantitative estimate of drug-likeness (QED) is 0.836. The number of aliphatic hydroxyl groups excluding tert-OH is 1. The molecule has 2 rings (SSSR count). The zero-order chi connectivity index (χ0) is 11.4. The number of hydrogen-bond donors (Lipinski definition) is 1. The molecule has 1 fully saturated rings. The summed E-state index contributed by atoms with van der Waals surface area (Å²) in [6, 6.07) is 10.3. The third-order valence-electron chi connectivity index (χ3n) is 3.19. The second kappa shape index (κ2) is 5.00. The number of rotatable bonds is 4. The fourth-order valence-electron chi connectivity index (χ4n) is 2.12. The van der Waals surface area contributed by atoms with Gasteiger partial charge in [0.05, 0.1) is 17.9 Å². The molecular formula is C13H16N2O. The van der Waals surface area contributed by atoms with Gasteiger partial charge in [-0.05, 0) is 31.4 Å². The van der Waals surface area contributed by atoms with Crippen LogP contribution < -0.4 is 4.90 Å². The highest BCUT2D eigenvalue weighted by Gasteiger charge is 2.25. The summed E-state index contributed by atoms with van der Waals surface area (Å²) in [4.78, 5) is 2.17. The van der Waals surface area contributed by atoms with Crippen molar-refractivity contribution in [2.24, 2.45) is 0 Å². The minimum atomic E-state index is 0.135. The lowest BCUT2D eigenvalue weighted by atomic mass is 9.90. The van der Waals surface area contributed by atoms with Crippen LogP contribution in [0.15, 0.2) is 24.3 Å². The lowest BCUT2D eigenvalue weighted by molar-refractivity contribution is 0.283. The topological polar surface area (TPSA) is 47.3 Å². The van der Waals surface area contributed by atoms with Crippen LogP contribution in [0.3, 0.4) is 0 Å². The number of nitrogens with zero attached hydrogens (tertiary/aromatic N) is 2. The molecule has 0 spiro atoms. The van der Waals surface area contributed by atoms with Gasteiger partial charge in [0.25, 0.3) is 0 Å². The highest BCUT2D eigenvalue weighted by atomic mass is 16.3. The summed E-state index contributed by atoms with van der Waals surface area (Å²) in [6.45, 7) is 0.750. The minimum absolute atomic E-state index is 0.135. The van der Waals surface area contributed by atoms with Gasteiger partial charge in [0.2, 0.25) is 0 Å². The molecule has 0 radical (unpaired) electrons. The Labute approximate surface area is 95.9 Å². The monoisotopic (exact) mass is 216 g/mol. The highest BCUT2D eigenvalue weighted by molar-refractivity contribution is 5.60. The Kier molecular flexibility index (Phi) is 3.43. The van der Waals surface area contributed by atoms with Crippen LogP contribution in [0.4, 0.5) is 5.69 Å². The Morgan fingerprint density at radius 3 is 2.69 bits per heavy atom. The van der Waals surface area contributed by atoms with Crippen LogP contribution in [0.5, 0.6) is 0 Å². The van der Waals surface area contributed by atoms with E-state index in [9.17, 15) is 0 Å². The van der Waals surface area contributed by atoms with E-state index in [1.165, 1.54) is 19.3 Å². The fourth-order valence-corrected chi connectivity index (χ4v) is 2.12. The smallest absolute Gasteiger partial charge is 0.101 e. The predicted octanol–water partition coefficient (Wildman–Crippen LogP) is 1.91. The number of para-hydroxylation sites is 1. The van der Waals surface area contributed by atoms with E-state index >= 15 is 0 Å². The van der Waals surface area contributed by atoms with E-state index in [2.05, 4.69) is 11.0 Å². The summed E-state index contributed by atoms with van der Waals surface area (Å²) in [5.41, 5.74) is 1.66. The van der Waals surface area contributed by atoms with E-state index in [1.54, 1.807) is 0 Å². The molecule has 1 N–H and O–H groups in total. The van der Waals surface area contributed by atoms with Crippen molar-refractivity contribution >= 4 is 5.69 Å². The van der Waals surface area contributed by atoms with E-state index in [0.717, 1.165) is 5.69 Å². The van der Waals surface area contributed by atoms with Gasteiger partial charge in [0.15, 0.2) is 0 Å². The van der Waals surface area contributed by atoms with Crippen LogP contribution >= 0.6 is 0 Å². The first-order valence-corrected chi connectivity index (χ1v) is 5.73. The average molecular weight is 216 g/mol. The van der Waals surface area contributed by atoms with Crippen molar-refractivity contribution in [3.63, 3.8) is 0 Å². The summed E-state index contributed by atoms with van der Waals surface area (Å²) in [5, 5.41) is 18.2. The van der Waals surface area contributed by atoms with Crippen molar-refractivity contribution in [2.75, 3.05) is 18.1 Å². The molecule has 1 aromatic carbocycles. The van der Waals surface area contributed by atoms with Crippen LogP contribution in [0, 0.1) is 11.3 Å². The van der Waals surface area contributed by atoms with Crippen LogP contribution in [-0.2, 0) is 0 Å². The molecule has 0 saturated heterocycles. The van der Waals surface area contributed by atoms with Crippen molar-refractivity contribution in [2.45, 2.75) is 25.3 Å². The average Bonchev–Trinajstić information content (AvgIpc) is 2.26. The zero-order valence-electron chi connectivity index (χ0n) is 9.26. The molecule has 16 heavy (non-hydrogen) atoms. The molecule has 0 amide bonds. The first-order valence-electron chi connectivity index (χ1n) is 5.73. The molecule has 0 unspecified atom stereocenters. The normalized spacial score (nSPS) is 15.2. The zero-order valence-corrected chi connectivity index (χ0v) is 9.26. The van der Waals surface area contributed by atoms with E-state index in [1.807, 2.05) is 24.3 Å². The van der Waals surface area contributed by atoms with E-state index in [0.29, 0.717) is 18.2 Å². The molecule has 0 aliphatic heterocycles. The van der Waals surface area contributed by atoms with Gasteiger partial charge < -0.3 is 10.0 Å². The second-order valence-corrected chi connectivity index (χ2v) is 4.13. The summed E-state index contributed by atoms with van der Waals surface area (Å²) < 4.78 is 0. The van der Waals surface area contributed by atoms with Gasteiger partial charge in [0.1, 0.15) is 6.07 Å². The maximum Gasteiger partial charge on any atom is 0.101 e. The Morgan fingerprint density at radius 1 is 1.38 bits per heavy atom. The summed E-state index contributed by atoms with van der Waals surface area (Å²) in [7, 11) is 0. The third-order valence-corrected chi connectivity index (χ3v) is 3.19. The second-order valence-electron chi connectivity index (χ2n) is 4.13. The summed E-state index contributed by atoms with van der Waals surface area (Å²) >= 11 is 0. The molecule has 84 valence electrons. The predicted molar refractivity (Wildman–Crippen MR) is 63.2 cm³/mol. The number of benzene rings is 1. The minimum Gasteiger partial charge on any atom is -0.395 e. The van der Waals surface area contributed by atoms with Gasteiger partial charge in [-0.1, -0.05) is 12.1 Å². The molecule has 3 heteroatoms. The molecule has 3 nitrogen and oxygen atoms in total. The van der Waals surface area contributed by atoms with Gasteiger partial charge in [-0.3, -0.25) is 0 Å². The number of anilines is 1. The highest BCUT2D eigenvalue weighted by Crippen LogP contribution is 2.30. The molecule has 1 saturated carbocycles. The molecule has 0 heterocycles. The Hall–Kier alpha value is -1.53. The van der Waals surface area contributed by atoms with Crippen LogP contribution in [-0.4, -0.2) is 24.3 Å². The Bertz CT molecular complexity index is 393. The SMILES string of the molecule is N#Cc1ccccc1N(CCO)C1CCC1. The maximum absolute atomic E-state index is 9.11. The summed E-state index contributed by atoms with van der Waals surface area (Å²) in [5.74, 6) is 0. The maximum atomic E-state index is 9.11. The lowest BCUT2D eigenvalue weighted by Crippen LogP contribution is -2.42. The van der Waals surface area contributed by atoms with Gasteiger partial charge in [-0.25, -0.2) is 0 Å². The fraction of sp³-hybridized carbons (Fsp3) is 0.462. The molecule has 1 aromatic rings.